The lowest BCUT2D eigenvalue weighted by atomic mass is 9.76. The van der Waals surface area contributed by atoms with Gasteiger partial charge in [-0.05, 0) is 43.1 Å². The molecule has 0 saturated carbocycles. The molecule has 3 nitrogen and oxygen atoms in total. The summed E-state index contributed by atoms with van der Waals surface area (Å²) in [6, 6.07) is 0.578. The van der Waals surface area contributed by atoms with E-state index in [1.54, 1.807) is 0 Å². The van der Waals surface area contributed by atoms with Crippen LogP contribution in [0.3, 0.4) is 0 Å². The first-order valence-corrected chi connectivity index (χ1v) is 6.79. The van der Waals surface area contributed by atoms with Gasteiger partial charge in [-0.1, -0.05) is 13.8 Å². The lowest BCUT2D eigenvalue weighted by Gasteiger charge is -2.31. The second-order valence-corrected chi connectivity index (χ2v) is 6.25. The Morgan fingerprint density at radius 3 is 2.88 bits per heavy atom. The zero-order chi connectivity index (χ0) is 11.9. The summed E-state index contributed by atoms with van der Waals surface area (Å²) in [7, 11) is 0. The van der Waals surface area contributed by atoms with E-state index in [-0.39, 0.29) is 0 Å². The summed E-state index contributed by atoms with van der Waals surface area (Å²) >= 11 is 0. The van der Waals surface area contributed by atoms with Crippen molar-refractivity contribution in [1.29, 1.82) is 0 Å². The van der Waals surface area contributed by atoms with Gasteiger partial charge in [-0.3, -0.25) is 4.68 Å². The van der Waals surface area contributed by atoms with Crippen molar-refractivity contribution in [3.05, 3.63) is 17.5 Å². The van der Waals surface area contributed by atoms with E-state index in [1.807, 2.05) is 0 Å². The molecule has 1 aliphatic heterocycles. The van der Waals surface area contributed by atoms with Gasteiger partial charge in [0, 0.05) is 18.9 Å². The standard InChI is InChI=1S/C14H22N2O/c1-14(2)6-3-13-11(9-14)10-15-16(13)12-4-7-17-8-5-12/h10,12H,3-9H2,1-2H3. The summed E-state index contributed by atoms with van der Waals surface area (Å²) in [5.41, 5.74) is 3.43. The van der Waals surface area contributed by atoms with Crippen molar-refractivity contribution in [2.24, 2.45) is 5.41 Å². The SMILES string of the molecule is CC1(C)CCc2c(cnn2C2CCOCC2)C1. The minimum Gasteiger partial charge on any atom is -0.381 e. The second-order valence-electron chi connectivity index (χ2n) is 6.25. The number of rotatable bonds is 1. The van der Waals surface area contributed by atoms with Gasteiger partial charge in [-0.25, -0.2) is 0 Å². The fraction of sp³-hybridized carbons (Fsp3) is 0.786. The predicted molar refractivity (Wildman–Crippen MR) is 67.1 cm³/mol. The van der Waals surface area contributed by atoms with Crippen molar-refractivity contribution in [3.8, 4) is 0 Å². The summed E-state index contributed by atoms with van der Waals surface area (Å²) in [6.45, 7) is 6.51. The molecular weight excluding hydrogens is 212 g/mol. The fourth-order valence-corrected chi connectivity index (χ4v) is 3.15. The van der Waals surface area contributed by atoms with Gasteiger partial charge in [0.15, 0.2) is 0 Å². The van der Waals surface area contributed by atoms with E-state index in [9.17, 15) is 0 Å². The Bertz CT molecular complexity index is 402. The Morgan fingerprint density at radius 2 is 2.12 bits per heavy atom. The molecule has 0 atom stereocenters. The van der Waals surface area contributed by atoms with Crippen LogP contribution in [0, 0.1) is 5.41 Å². The summed E-state index contributed by atoms with van der Waals surface area (Å²) in [4.78, 5) is 0. The topological polar surface area (TPSA) is 27.1 Å². The van der Waals surface area contributed by atoms with Gasteiger partial charge < -0.3 is 4.74 Å². The smallest absolute Gasteiger partial charge is 0.0566 e. The van der Waals surface area contributed by atoms with Gasteiger partial charge in [-0.15, -0.1) is 0 Å². The average Bonchev–Trinajstić information content (AvgIpc) is 2.71. The van der Waals surface area contributed by atoms with Crippen LogP contribution in [-0.4, -0.2) is 23.0 Å². The Morgan fingerprint density at radius 1 is 1.35 bits per heavy atom. The molecule has 3 heteroatoms. The monoisotopic (exact) mass is 234 g/mol. The van der Waals surface area contributed by atoms with Crippen molar-refractivity contribution in [2.75, 3.05) is 13.2 Å². The Hall–Kier alpha value is -0.830. The number of aromatic nitrogens is 2. The van der Waals surface area contributed by atoms with Crippen LogP contribution < -0.4 is 0 Å². The largest absolute Gasteiger partial charge is 0.381 e. The highest BCUT2D eigenvalue weighted by molar-refractivity contribution is 5.23. The van der Waals surface area contributed by atoms with Crippen molar-refractivity contribution in [2.45, 2.75) is 52.0 Å². The molecule has 1 fully saturated rings. The second kappa shape index (κ2) is 4.13. The van der Waals surface area contributed by atoms with Gasteiger partial charge in [0.05, 0.1) is 12.2 Å². The van der Waals surface area contributed by atoms with Crippen molar-refractivity contribution in [3.63, 3.8) is 0 Å². The van der Waals surface area contributed by atoms with Crippen molar-refractivity contribution < 1.29 is 4.74 Å². The van der Waals surface area contributed by atoms with E-state index in [0.29, 0.717) is 11.5 Å². The molecule has 3 rings (SSSR count). The number of hydrogen-bond acceptors (Lipinski definition) is 2. The van der Waals surface area contributed by atoms with Crippen LogP contribution in [0.4, 0.5) is 0 Å². The maximum absolute atomic E-state index is 5.43. The maximum Gasteiger partial charge on any atom is 0.0566 e. The molecule has 94 valence electrons. The van der Waals surface area contributed by atoms with Crippen molar-refractivity contribution in [1.82, 2.24) is 9.78 Å². The number of hydrogen-bond donors (Lipinski definition) is 0. The quantitative estimate of drug-likeness (QED) is 0.747. The molecule has 0 radical (unpaired) electrons. The van der Waals surface area contributed by atoms with Crippen LogP contribution in [0.1, 0.15) is 50.4 Å². The van der Waals surface area contributed by atoms with Gasteiger partial charge >= 0.3 is 0 Å². The molecule has 0 amide bonds. The summed E-state index contributed by atoms with van der Waals surface area (Å²) in [6.07, 6.45) is 8.01. The summed E-state index contributed by atoms with van der Waals surface area (Å²) in [5.74, 6) is 0. The van der Waals surface area contributed by atoms with E-state index in [0.717, 1.165) is 26.1 Å². The normalized spacial score (nSPS) is 24.6. The lowest BCUT2D eigenvalue weighted by Crippen LogP contribution is -2.26. The van der Waals surface area contributed by atoms with E-state index < -0.39 is 0 Å². The molecule has 1 aromatic heterocycles. The fourth-order valence-electron chi connectivity index (χ4n) is 3.15. The highest BCUT2D eigenvalue weighted by Gasteiger charge is 2.29. The van der Waals surface area contributed by atoms with Crippen LogP contribution in [0.2, 0.25) is 0 Å². The third-order valence-corrected chi connectivity index (χ3v) is 4.23. The molecule has 1 saturated heterocycles. The van der Waals surface area contributed by atoms with Gasteiger partial charge in [0.25, 0.3) is 0 Å². The van der Waals surface area contributed by atoms with E-state index >= 15 is 0 Å². The number of ether oxygens (including phenoxy) is 1. The van der Waals surface area contributed by atoms with Crippen molar-refractivity contribution >= 4 is 0 Å². The van der Waals surface area contributed by atoms with E-state index in [1.165, 1.54) is 30.5 Å². The van der Waals surface area contributed by atoms with Crippen LogP contribution in [0.5, 0.6) is 0 Å². The molecule has 2 heterocycles. The molecule has 0 unspecified atom stereocenters. The first-order valence-electron chi connectivity index (χ1n) is 6.79. The minimum atomic E-state index is 0.455. The zero-order valence-electron chi connectivity index (χ0n) is 10.9. The van der Waals surface area contributed by atoms with Crippen LogP contribution in [-0.2, 0) is 17.6 Å². The molecule has 0 N–H and O–H groups in total. The lowest BCUT2D eigenvalue weighted by molar-refractivity contribution is 0.0650. The first-order chi connectivity index (χ1) is 8.16. The maximum atomic E-state index is 5.43. The van der Waals surface area contributed by atoms with E-state index in [4.69, 9.17) is 4.74 Å². The number of fused-ring (bicyclic) bond motifs is 1. The van der Waals surface area contributed by atoms with Crippen LogP contribution in [0.25, 0.3) is 0 Å². The van der Waals surface area contributed by atoms with Crippen LogP contribution in [0.15, 0.2) is 6.20 Å². The van der Waals surface area contributed by atoms with Gasteiger partial charge in [-0.2, -0.15) is 5.10 Å². The Kier molecular flexibility index (Phi) is 2.74. The minimum absolute atomic E-state index is 0.455. The molecular formula is C14H22N2O. The molecule has 1 aliphatic carbocycles. The van der Waals surface area contributed by atoms with Gasteiger partial charge in [0.2, 0.25) is 0 Å². The van der Waals surface area contributed by atoms with Crippen LogP contribution >= 0.6 is 0 Å². The third-order valence-electron chi connectivity index (χ3n) is 4.23. The molecule has 17 heavy (non-hydrogen) atoms. The third kappa shape index (κ3) is 2.13. The average molecular weight is 234 g/mol. The van der Waals surface area contributed by atoms with E-state index in [2.05, 4.69) is 29.8 Å². The summed E-state index contributed by atoms with van der Waals surface area (Å²) in [5, 5.41) is 4.65. The predicted octanol–water partition coefficient (Wildman–Crippen LogP) is 2.75. The molecule has 1 aromatic rings. The summed E-state index contributed by atoms with van der Waals surface area (Å²) < 4.78 is 7.73. The molecule has 0 spiro atoms. The zero-order valence-corrected chi connectivity index (χ0v) is 10.9. The highest BCUT2D eigenvalue weighted by Crippen LogP contribution is 2.36. The Labute approximate surface area is 103 Å². The highest BCUT2D eigenvalue weighted by atomic mass is 16.5. The molecule has 0 bridgehead atoms. The number of nitrogens with zero attached hydrogens (tertiary/aromatic N) is 2. The molecule has 2 aliphatic rings. The molecule has 0 aromatic carbocycles. The first kappa shape index (κ1) is 11.3. The Balaban J connectivity index is 1.85. The van der Waals surface area contributed by atoms with Gasteiger partial charge in [0.1, 0.15) is 0 Å².